The van der Waals surface area contributed by atoms with Crippen molar-refractivity contribution in [1.29, 1.82) is 0 Å². The third-order valence-corrected chi connectivity index (χ3v) is 7.60. The van der Waals surface area contributed by atoms with E-state index in [1.165, 1.54) is 12.1 Å². The summed E-state index contributed by atoms with van der Waals surface area (Å²) in [6.45, 7) is 1.27. The number of ether oxygens (including phenoxy) is 6. The maximum absolute atomic E-state index is 13.1. The van der Waals surface area contributed by atoms with Crippen molar-refractivity contribution in [1.82, 2.24) is 0 Å². The zero-order valence-corrected chi connectivity index (χ0v) is 21.3. The number of rotatable bonds is 9. The summed E-state index contributed by atoms with van der Waals surface area (Å²) in [5.41, 5.74) is -0.772. The molecule has 1 aliphatic carbocycles. The number of fused-ring (bicyclic) bond motifs is 1. The van der Waals surface area contributed by atoms with E-state index < -0.39 is 24.1 Å². The summed E-state index contributed by atoms with van der Waals surface area (Å²) in [6, 6.07) is 4.80. The Morgan fingerprint density at radius 3 is 2.53 bits per heavy atom. The lowest BCUT2D eigenvalue weighted by Crippen LogP contribution is -2.32. The van der Waals surface area contributed by atoms with Gasteiger partial charge in [0.05, 0.1) is 18.1 Å². The van der Waals surface area contributed by atoms with E-state index in [4.69, 9.17) is 28.4 Å². The van der Waals surface area contributed by atoms with Crippen LogP contribution in [0, 0.1) is 11.8 Å². The van der Waals surface area contributed by atoms with Gasteiger partial charge < -0.3 is 28.4 Å². The van der Waals surface area contributed by atoms with Gasteiger partial charge in [-0.2, -0.15) is 13.2 Å². The van der Waals surface area contributed by atoms with E-state index in [1.54, 1.807) is 0 Å². The van der Waals surface area contributed by atoms with Crippen LogP contribution in [0.1, 0.15) is 56.9 Å². The highest BCUT2D eigenvalue weighted by Gasteiger charge is 2.50. The first-order valence-corrected chi connectivity index (χ1v) is 13.6. The van der Waals surface area contributed by atoms with Crippen LogP contribution in [0.4, 0.5) is 13.2 Å². The van der Waals surface area contributed by atoms with E-state index in [2.05, 4.69) is 0 Å². The molecule has 0 bridgehead atoms. The zero-order valence-electron chi connectivity index (χ0n) is 21.3. The van der Waals surface area contributed by atoms with Crippen molar-refractivity contribution >= 4 is 5.97 Å². The number of carbonyl (C=O) groups is 1. The first-order chi connectivity index (χ1) is 18.3. The predicted molar refractivity (Wildman–Crippen MR) is 129 cm³/mol. The molecular formula is C28H35F3O7. The van der Waals surface area contributed by atoms with Crippen LogP contribution in [0.15, 0.2) is 36.4 Å². The van der Waals surface area contributed by atoms with Crippen LogP contribution in [0.2, 0.25) is 0 Å². The predicted octanol–water partition coefficient (Wildman–Crippen LogP) is 5.42. The molecule has 210 valence electrons. The summed E-state index contributed by atoms with van der Waals surface area (Å²) in [5, 5.41) is 0. The van der Waals surface area contributed by atoms with Crippen molar-refractivity contribution in [2.75, 3.05) is 19.8 Å². The number of hydrogen-bond acceptors (Lipinski definition) is 7. The lowest BCUT2D eigenvalue weighted by molar-refractivity contribution is -0.194. The van der Waals surface area contributed by atoms with Gasteiger partial charge in [-0.15, -0.1) is 0 Å². The largest absolute Gasteiger partial charge is 0.491 e. The summed E-state index contributed by atoms with van der Waals surface area (Å²) in [6.07, 6.45) is 4.24. The van der Waals surface area contributed by atoms with Gasteiger partial charge >= 0.3 is 12.1 Å². The molecule has 5 rings (SSSR count). The Morgan fingerprint density at radius 2 is 1.82 bits per heavy atom. The van der Waals surface area contributed by atoms with Crippen LogP contribution >= 0.6 is 0 Å². The molecule has 4 aliphatic rings. The van der Waals surface area contributed by atoms with Gasteiger partial charge in [0.1, 0.15) is 24.6 Å². The van der Waals surface area contributed by atoms with Crippen molar-refractivity contribution in [3.63, 3.8) is 0 Å². The van der Waals surface area contributed by atoms with E-state index >= 15 is 0 Å². The molecular weight excluding hydrogens is 505 g/mol. The Hall–Kier alpha value is -2.14. The summed E-state index contributed by atoms with van der Waals surface area (Å²) in [5.74, 6) is -0.202. The van der Waals surface area contributed by atoms with Crippen LogP contribution in [0.5, 0.6) is 5.75 Å². The minimum Gasteiger partial charge on any atom is -0.491 e. The monoisotopic (exact) mass is 540 g/mol. The second-order valence-electron chi connectivity index (χ2n) is 10.4. The van der Waals surface area contributed by atoms with Gasteiger partial charge in [-0.05, 0) is 56.7 Å². The SMILES string of the molecule is O=C1C[C@@H]2[C@@H](/C=C/[C@H](COc3cccc(C(F)(F)F)c3)OC3CCCCO3)[C@H](OC3CCCCO3)C[C@@H]2O1. The quantitative estimate of drug-likeness (QED) is 0.306. The fourth-order valence-electron chi connectivity index (χ4n) is 5.67. The highest BCUT2D eigenvalue weighted by molar-refractivity contribution is 5.72. The van der Waals surface area contributed by atoms with E-state index in [0.29, 0.717) is 26.1 Å². The van der Waals surface area contributed by atoms with Gasteiger partial charge in [0.15, 0.2) is 12.6 Å². The van der Waals surface area contributed by atoms with Gasteiger partial charge in [0, 0.05) is 31.5 Å². The maximum atomic E-state index is 13.1. The Kier molecular flexibility index (Phi) is 8.92. The Labute approximate surface area is 220 Å². The Bertz CT molecular complexity index is 956. The molecule has 7 atom stereocenters. The van der Waals surface area contributed by atoms with Gasteiger partial charge in [-0.3, -0.25) is 4.79 Å². The Morgan fingerprint density at radius 1 is 1.05 bits per heavy atom. The molecule has 4 fully saturated rings. The number of esters is 1. The number of hydrogen-bond donors (Lipinski definition) is 0. The van der Waals surface area contributed by atoms with Crippen molar-refractivity contribution in [2.45, 2.75) is 88.4 Å². The molecule has 0 amide bonds. The molecule has 1 aromatic carbocycles. The third-order valence-electron chi connectivity index (χ3n) is 7.60. The highest BCUT2D eigenvalue weighted by atomic mass is 19.4. The molecule has 1 aromatic rings. The Balaban J connectivity index is 1.29. The second kappa shape index (κ2) is 12.4. The first-order valence-electron chi connectivity index (χ1n) is 13.6. The van der Waals surface area contributed by atoms with Crippen molar-refractivity contribution in [2.24, 2.45) is 11.8 Å². The number of benzene rings is 1. The van der Waals surface area contributed by atoms with E-state index in [0.717, 1.165) is 50.7 Å². The van der Waals surface area contributed by atoms with Crippen LogP contribution in [0.25, 0.3) is 0 Å². The van der Waals surface area contributed by atoms with Crippen molar-refractivity contribution in [3.8, 4) is 5.75 Å². The van der Waals surface area contributed by atoms with Crippen LogP contribution < -0.4 is 4.74 Å². The van der Waals surface area contributed by atoms with Gasteiger partial charge in [0.2, 0.25) is 0 Å². The number of carbonyl (C=O) groups excluding carboxylic acids is 1. The maximum Gasteiger partial charge on any atom is 0.416 e. The van der Waals surface area contributed by atoms with Gasteiger partial charge in [-0.1, -0.05) is 18.2 Å². The lowest BCUT2D eigenvalue weighted by Gasteiger charge is -2.29. The first kappa shape index (κ1) is 27.4. The lowest BCUT2D eigenvalue weighted by atomic mass is 9.91. The van der Waals surface area contributed by atoms with Crippen LogP contribution in [0.3, 0.4) is 0 Å². The molecule has 0 aromatic heterocycles. The molecule has 3 saturated heterocycles. The minimum absolute atomic E-state index is 0.00514. The highest BCUT2D eigenvalue weighted by Crippen LogP contribution is 2.44. The third kappa shape index (κ3) is 7.08. The smallest absolute Gasteiger partial charge is 0.416 e. The molecule has 2 unspecified atom stereocenters. The zero-order chi connectivity index (χ0) is 26.5. The molecule has 0 N–H and O–H groups in total. The second-order valence-corrected chi connectivity index (χ2v) is 10.4. The van der Waals surface area contributed by atoms with Crippen molar-refractivity contribution < 1.29 is 46.4 Å². The molecule has 3 aliphatic heterocycles. The minimum atomic E-state index is -4.46. The van der Waals surface area contributed by atoms with E-state index in [-0.39, 0.29) is 48.7 Å². The fraction of sp³-hybridized carbons (Fsp3) is 0.679. The molecule has 7 nitrogen and oxygen atoms in total. The molecule has 0 radical (unpaired) electrons. The summed E-state index contributed by atoms with van der Waals surface area (Å²) in [7, 11) is 0. The standard InChI is InChI=1S/C28H35F3O7/c29-28(30,31)18-6-5-7-19(14-18)35-17-20(36-26-8-1-3-12-33-26)10-11-21-22-15-25(32)37-24(22)16-23(21)38-27-9-2-4-13-34-27/h5-7,10-11,14,20-24,26-27H,1-4,8-9,12-13,15-17H2/b11-10+/t20-,21-,22-,23-,24+,26?,27?/m1/s1. The summed E-state index contributed by atoms with van der Waals surface area (Å²) in [4.78, 5) is 12.0. The molecule has 3 heterocycles. The summed E-state index contributed by atoms with van der Waals surface area (Å²) < 4.78 is 74.7. The molecule has 0 spiro atoms. The topological polar surface area (TPSA) is 72.5 Å². The van der Waals surface area contributed by atoms with Crippen molar-refractivity contribution in [3.05, 3.63) is 42.0 Å². The van der Waals surface area contributed by atoms with Gasteiger partial charge in [-0.25, -0.2) is 0 Å². The number of alkyl halides is 3. The number of halogens is 3. The van der Waals surface area contributed by atoms with E-state index in [1.807, 2.05) is 12.2 Å². The molecule has 38 heavy (non-hydrogen) atoms. The average molecular weight is 541 g/mol. The molecule has 10 heteroatoms. The van der Waals surface area contributed by atoms with Gasteiger partial charge in [0.25, 0.3) is 0 Å². The van der Waals surface area contributed by atoms with Crippen LogP contribution in [-0.2, 0) is 34.7 Å². The average Bonchev–Trinajstić information content (AvgIpc) is 3.42. The normalized spacial score (nSPS) is 32.8. The van der Waals surface area contributed by atoms with E-state index in [9.17, 15) is 18.0 Å². The summed E-state index contributed by atoms with van der Waals surface area (Å²) >= 11 is 0. The fourth-order valence-corrected chi connectivity index (χ4v) is 5.67. The van der Waals surface area contributed by atoms with Crippen LogP contribution in [-0.4, -0.2) is 56.7 Å². The molecule has 1 saturated carbocycles.